The number of aromatic nitrogens is 3. The van der Waals surface area contributed by atoms with Crippen LogP contribution in [0.5, 0.6) is 0 Å². The minimum Gasteiger partial charge on any atom is -0.312 e. The molecule has 0 fully saturated rings. The molecule has 2 rings (SSSR count). The Hall–Kier alpha value is -1.10. The maximum Gasteiger partial charge on any atom is 0.276 e. The summed E-state index contributed by atoms with van der Waals surface area (Å²) in [6.07, 6.45) is 8.60. The van der Waals surface area contributed by atoms with Gasteiger partial charge in [-0.2, -0.15) is 5.10 Å². The molecule has 0 aliphatic rings. The van der Waals surface area contributed by atoms with Gasteiger partial charge >= 0.3 is 0 Å². The fraction of sp³-hybridized carbons (Fsp3) is 0.455. The zero-order valence-electron chi connectivity index (χ0n) is 8.97. The average Bonchev–Trinajstić information content (AvgIpc) is 2.76. The van der Waals surface area contributed by atoms with E-state index in [2.05, 4.69) is 21.0 Å². The lowest BCUT2D eigenvalue weighted by Crippen LogP contribution is -2.21. The summed E-state index contributed by atoms with van der Waals surface area (Å²) in [6, 6.07) is 1.75. The average molecular weight is 284 g/mol. The van der Waals surface area contributed by atoms with Crippen molar-refractivity contribution < 1.29 is 0 Å². The predicted molar refractivity (Wildman–Crippen MR) is 67.1 cm³/mol. The van der Waals surface area contributed by atoms with E-state index in [-0.39, 0.29) is 5.56 Å². The predicted octanol–water partition coefficient (Wildman–Crippen LogP) is 2.06. The Morgan fingerprint density at radius 1 is 1.25 bits per heavy atom. The molecule has 2 aromatic rings. The monoisotopic (exact) mass is 283 g/mol. The summed E-state index contributed by atoms with van der Waals surface area (Å²) in [5, 5.41) is 5.06. The number of alkyl halides is 1. The van der Waals surface area contributed by atoms with Gasteiger partial charge in [0.15, 0.2) is 0 Å². The van der Waals surface area contributed by atoms with Crippen LogP contribution >= 0.6 is 15.9 Å². The summed E-state index contributed by atoms with van der Waals surface area (Å²) in [6.45, 7) is 0.785. The molecule has 0 unspecified atom stereocenters. The highest BCUT2D eigenvalue weighted by atomic mass is 79.9. The van der Waals surface area contributed by atoms with Gasteiger partial charge in [-0.3, -0.25) is 4.79 Å². The molecular weight excluding hydrogens is 270 g/mol. The fourth-order valence-electron chi connectivity index (χ4n) is 1.69. The number of halogens is 1. The van der Waals surface area contributed by atoms with Crippen molar-refractivity contribution in [2.24, 2.45) is 0 Å². The molecule has 5 heteroatoms. The largest absolute Gasteiger partial charge is 0.312 e. The first-order valence-electron chi connectivity index (χ1n) is 5.41. The molecule has 0 saturated heterocycles. The van der Waals surface area contributed by atoms with E-state index in [0.717, 1.165) is 31.1 Å². The summed E-state index contributed by atoms with van der Waals surface area (Å²) in [7, 11) is 0. The third-order valence-corrected chi connectivity index (χ3v) is 3.13. The Morgan fingerprint density at radius 2 is 2.12 bits per heavy atom. The number of hydrogen-bond acceptors (Lipinski definition) is 2. The summed E-state index contributed by atoms with van der Waals surface area (Å²) < 4.78 is 3.36. The third kappa shape index (κ3) is 2.35. The molecule has 0 atom stereocenters. The molecule has 2 heterocycles. The summed E-state index contributed by atoms with van der Waals surface area (Å²) in [4.78, 5) is 11.9. The van der Waals surface area contributed by atoms with Crippen molar-refractivity contribution in [2.75, 3.05) is 5.33 Å². The van der Waals surface area contributed by atoms with E-state index in [1.165, 1.54) is 0 Å². The van der Waals surface area contributed by atoms with Crippen LogP contribution in [0.3, 0.4) is 0 Å². The zero-order chi connectivity index (χ0) is 11.4. The van der Waals surface area contributed by atoms with Gasteiger partial charge < -0.3 is 4.57 Å². The Balaban J connectivity index is 2.12. The van der Waals surface area contributed by atoms with Crippen molar-refractivity contribution >= 4 is 21.4 Å². The van der Waals surface area contributed by atoms with E-state index in [1.807, 2.05) is 6.20 Å². The molecule has 86 valence electrons. The smallest absolute Gasteiger partial charge is 0.276 e. The molecule has 0 spiro atoms. The van der Waals surface area contributed by atoms with E-state index in [9.17, 15) is 4.79 Å². The van der Waals surface area contributed by atoms with E-state index in [0.29, 0.717) is 5.52 Å². The van der Waals surface area contributed by atoms with Crippen molar-refractivity contribution in [1.29, 1.82) is 0 Å². The molecule has 0 amide bonds. The number of rotatable bonds is 5. The molecule has 0 bridgehead atoms. The highest BCUT2D eigenvalue weighted by molar-refractivity contribution is 9.09. The van der Waals surface area contributed by atoms with E-state index < -0.39 is 0 Å². The van der Waals surface area contributed by atoms with E-state index >= 15 is 0 Å². The minimum atomic E-state index is 0.0406. The molecule has 4 nitrogen and oxygen atoms in total. The lowest BCUT2D eigenvalue weighted by Gasteiger charge is -2.05. The van der Waals surface area contributed by atoms with Gasteiger partial charge in [0.1, 0.15) is 5.52 Å². The minimum absolute atomic E-state index is 0.0406. The van der Waals surface area contributed by atoms with Crippen LogP contribution in [-0.4, -0.2) is 19.5 Å². The second kappa shape index (κ2) is 5.30. The summed E-state index contributed by atoms with van der Waals surface area (Å²) in [5.41, 5.74) is 0.682. The van der Waals surface area contributed by atoms with Crippen molar-refractivity contribution in [1.82, 2.24) is 14.2 Å². The standard InChI is InChI=1S/C11H14BrN3O/c12-5-2-1-3-7-14-8-9-15-10(11(14)16)4-6-13-15/h4,6,8-9H,1-3,5,7H2. The van der Waals surface area contributed by atoms with Gasteiger partial charge in [-0.1, -0.05) is 22.4 Å². The molecular formula is C11H14BrN3O. The molecule has 0 aliphatic heterocycles. The van der Waals surface area contributed by atoms with Crippen molar-refractivity contribution in [3.05, 3.63) is 35.0 Å². The third-order valence-electron chi connectivity index (χ3n) is 2.57. The zero-order valence-corrected chi connectivity index (χ0v) is 10.6. The topological polar surface area (TPSA) is 39.3 Å². The quantitative estimate of drug-likeness (QED) is 0.623. The molecule has 0 aromatic carbocycles. The van der Waals surface area contributed by atoms with Gasteiger partial charge in [-0.15, -0.1) is 0 Å². The highest BCUT2D eigenvalue weighted by Gasteiger charge is 2.02. The lowest BCUT2D eigenvalue weighted by atomic mass is 10.2. The fourth-order valence-corrected chi connectivity index (χ4v) is 2.09. The van der Waals surface area contributed by atoms with Crippen LogP contribution in [0.1, 0.15) is 19.3 Å². The highest BCUT2D eigenvalue weighted by Crippen LogP contribution is 2.01. The van der Waals surface area contributed by atoms with Gasteiger partial charge in [0.2, 0.25) is 0 Å². The van der Waals surface area contributed by atoms with Gasteiger partial charge in [-0.25, -0.2) is 4.52 Å². The first-order chi connectivity index (χ1) is 7.83. The molecule has 0 saturated carbocycles. The summed E-state index contributed by atoms with van der Waals surface area (Å²) >= 11 is 3.40. The Bertz CT molecular complexity index is 517. The number of hydrogen-bond donors (Lipinski definition) is 0. The molecule has 0 aliphatic carbocycles. The van der Waals surface area contributed by atoms with Crippen LogP contribution in [-0.2, 0) is 6.54 Å². The number of nitrogens with zero attached hydrogens (tertiary/aromatic N) is 3. The van der Waals surface area contributed by atoms with Gasteiger partial charge in [-0.05, 0) is 18.9 Å². The Kier molecular flexibility index (Phi) is 3.77. The molecule has 2 aromatic heterocycles. The van der Waals surface area contributed by atoms with Crippen LogP contribution in [0, 0.1) is 0 Å². The Labute approximate surface area is 102 Å². The van der Waals surface area contributed by atoms with Crippen LogP contribution < -0.4 is 5.56 Å². The van der Waals surface area contributed by atoms with Gasteiger partial charge in [0.05, 0.1) is 6.20 Å². The normalized spacial score (nSPS) is 11.1. The van der Waals surface area contributed by atoms with E-state index in [4.69, 9.17) is 0 Å². The van der Waals surface area contributed by atoms with Crippen molar-refractivity contribution in [3.63, 3.8) is 0 Å². The van der Waals surface area contributed by atoms with E-state index in [1.54, 1.807) is 27.5 Å². The Morgan fingerprint density at radius 3 is 2.94 bits per heavy atom. The van der Waals surface area contributed by atoms with Crippen LogP contribution in [0.25, 0.3) is 5.52 Å². The molecule has 16 heavy (non-hydrogen) atoms. The second-order valence-corrected chi connectivity index (χ2v) is 4.50. The van der Waals surface area contributed by atoms with Crippen molar-refractivity contribution in [2.45, 2.75) is 25.8 Å². The number of fused-ring (bicyclic) bond motifs is 1. The first kappa shape index (κ1) is 11.4. The van der Waals surface area contributed by atoms with Gasteiger partial charge in [0.25, 0.3) is 5.56 Å². The molecule has 0 radical (unpaired) electrons. The van der Waals surface area contributed by atoms with Gasteiger partial charge in [0, 0.05) is 24.3 Å². The van der Waals surface area contributed by atoms with Crippen LogP contribution in [0.15, 0.2) is 29.5 Å². The maximum atomic E-state index is 11.9. The van der Waals surface area contributed by atoms with Crippen LogP contribution in [0.4, 0.5) is 0 Å². The summed E-state index contributed by atoms with van der Waals surface area (Å²) in [5.74, 6) is 0. The number of aryl methyl sites for hydroxylation is 1. The maximum absolute atomic E-state index is 11.9. The SMILES string of the molecule is O=c1c2ccnn2ccn1CCCCCBr. The first-order valence-corrected chi connectivity index (χ1v) is 6.54. The van der Waals surface area contributed by atoms with Crippen LogP contribution in [0.2, 0.25) is 0 Å². The second-order valence-electron chi connectivity index (χ2n) is 3.71. The number of unbranched alkanes of at least 4 members (excludes halogenated alkanes) is 2. The lowest BCUT2D eigenvalue weighted by molar-refractivity contribution is 0.587. The molecule has 0 N–H and O–H groups in total. The van der Waals surface area contributed by atoms with Crippen molar-refractivity contribution in [3.8, 4) is 0 Å².